The van der Waals surface area contributed by atoms with E-state index in [0.29, 0.717) is 31.7 Å². The third-order valence-corrected chi connectivity index (χ3v) is 6.17. The summed E-state index contributed by atoms with van der Waals surface area (Å²) in [6, 6.07) is 3.75. The van der Waals surface area contributed by atoms with Gasteiger partial charge in [-0.1, -0.05) is 0 Å². The van der Waals surface area contributed by atoms with Gasteiger partial charge in [-0.15, -0.1) is 0 Å². The Morgan fingerprint density at radius 2 is 2.00 bits per heavy atom. The van der Waals surface area contributed by atoms with E-state index in [1.54, 1.807) is 6.92 Å². The zero-order valence-electron chi connectivity index (χ0n) is 12.8. The lowest BCUT2D eigenvalue weighted by atomic mass is 10.1. The molecule has 126 valence electrons. The summed E-state index contributed by atoms with van der Waals surface area (Å²) >= 11 is 0. The van der Waals surface area contributed by atoms with Gasteiger partial charge in [-0.3, -0.25) is 0 Å². The van der Waals surface area contributed by atoms with Gasteiger partial charge >= 0.3 is 5.97 Å². The average Bonchev–Trinajstić information content (AvgIpc) is 3.17. The molecular weight excluding hydrogens is 322 g/mol. The predicted molar refractivity (Wildman–Crippen MR) is 80.7 cm³/mol. The van der Waals surface area contributed by atoms with Crippen molar-refractivity contribution in [2.24, 2.45) is 0 Å². The van der Waals surface area contributed by atoms with E-state index in [9.17, 15) is 13.2 Å². The molecule has 1 N–H and O–H groups in total. The van der Waals surface area contributed by atoms with E-state index >= 15 is 0 Å². The third-order valence-electron chi connectivity index (χ3n) is 4.24. The first kappa shape index (κ1) is 16.4. The summed E-state index contributed by atoms with van der Waals surface area (Å²) in [5.41, 5.74) is 0.520. The van der Waals surface area contributed by atoms with Crippen LogP contribution in [0.4, 0.5) is 0 Å². The van der Waals surface area contributed by atoms with E-state index in [0.717, 1.165) is 6.42 Å². The number of carbonyl (C=O) groups is 1. The van der Waals surface area contributed by atoms with Crippen LogP contribution in [0.15, 0.2) is 23.1 Å². The van der Waals surface area contributed by atoms with Gasteiger partial charge in [-0.25, -0.2) is 13.2 Å². The molecule has 2 fully saturated rings. The average molecular weight is 341 g/mol. The zero-order valence-corrected chi connectivity index (χ0v) is 13.6. The minimum atomic E-state index is -3.71. The Kier molecular flexibility index (Phi) is 4.41. The van der Waals surface area contributed by atoms with Gasteiger partial charge in [-0.05, 0) is 43.5 Å². The molecule has 1 unspecified atom stereocenters. The van der Waals surface area contributed by atoms with E-state index in [1.165, 1.54) is 22.5 Å². The number of carboxylic acid groups (broad SMARTS) is 1. The van der Waals surface area contributed by atoms with Crippen molar-refractivity contribution in [3.05, 3.63) is 29.3 Å². The van der Waals surface area contributed by atoms with Gasteiger partial charge in [0.15, 0.2) is 6.29 Å². The Balaban J connectivity index is 1.91. The maximum atomic E-state index is 12.9. The molecule has 1 aromatic carbocycles. The van der Waals surface area contributed by atoms with Crippen molar-refractivity contribution in [2.45, 2.75) is 37.0 Å². The maximum Gasteiger partial charge on any atom is 0.335 e. The summed E-state index contributed by atoms with van der Waals surface area (Å²) < 4.78 is 38.2. The summed E-state index contributed by atoms with van der Waals surface area (Å²) in [5, 5.41) is 9.06. The second kappa shape index (κ2) is 6.20. The zero-order chi connectivity index (χ0) is 16.6. The molecule has 0 bridgehead atoms. The van der Waals surface area contributed by atoms with Gasteiger partial charge in [0, 0.05) is 6.54 Å². The molecule has 1 atom stereocenters. The molecule has 0 aromatic heterocycles. The van der Waals surface area contributed by atoms with Crippen LogP contribution in [0.3, 0.4) is 0 Å². The van der Waals surface area contributed by atoms with Crippen LogP contribution in [-0.2, 0) is 19.5 Å². The van der Waals surface area contributed by atoms with Crippen LogP contribution in [0.25, 0.3) is 0 Å². The van der Waals surface area contributed by atoms with Crippen LogP contribution in [0.5, 0.6) is 0 Å². The molecule has 2 saturated heterocycles. The first-order chi connectivity index (χ1) is 10.9. The van der Waals surface area contributed by atoms with Crippen LogP contribution >= 0.6 is 0 Å². The van der Waals surface area contributed by atoms with Crippen LogP contribution in [-0.4, -0.2) is 55.9 Å². The molecule has 0 saturated carbocycles. The van der Waals surface area contributed by atoms with Crippen molar-refractivity contribution in [1.82, 2.24) is 4.31 Å². The number of carboxylic acids is 1. The van der Waals surface area contributed by atoms with E-state index in [4.69, 9.17) is 14.6 Å². The molecular formula is C15H19NO6S. The number of rotatable bonds is 4. The summed E-state index contributed by atoms with van der Waals surface area (Å²) in [5.74, 6) is -1.07. The molecule has 23 heavy (non-hydrogen) atoms. The highest BCUT2D eigenvalue weighted by molar-refractivity contribution is 7.89. The standard InChI is InChI=1S/C15H19NO6S/c1-10-9-11(4-5-12(10)14(17)18)23(19,20)16-6-2-3-13(16)15-21-7-8-22-15/h4-5,9,13,15H,2-3,6-8H2,1H3,(H,17,18). The lowest BCUT2D eigenvalue weighted by Gasteiger charge is -2.27. The third kappa shape index (κ3) is 2.99. The number of aryl methyl sites for hydroxylation is 1. The van der Waals surface area contributed by atoms with Gasteiger partial charge in [0.25, 0.3) is 0 Å². The van der Waals surface area contributed by atoms with Crippen molar-refractivity contribution in [1.29, 1.82) is 0 Å². The number of hydrogen-bond acceptors (Lipinski definition) is 5. The van der Waals surface area contributed by atoms with Crippen LogP contribution in [0.2, 0.25) is 0 Å². The minimum Gasteiger partial charge on any atom is -0.478 e. The number of ether oxygens (including phenoxy) is 2. The van der Waals surface area contributed by atoms with Crippen molar-refractivity contribution in [2.75, 3.05) is 19.8 Å². The van der Waals surface area contributed by atoms with E-state index in [2.05, 4.69) is 0 Å². The van der Waals surface area contributed by atoms with E-state index in [-0.39, 0.29) is 16.5 Å². The van der Waals surface area contributed by atoms with Crippen LogP contribution in [0, 0.1) is 6.92 Å². The number of nitrogens with zero attached hydrogens (tertiary/aromatic N) is 1. The second-order valence-electron chi connectivity index (χ2n) is 5.72. The van der Waals surface area contributed by atoms with Crippen LogP contribution < -0.4 is 0 Å². The second-order valence-corrected chi connectivity index (χ2v) is 7.61. The van der Waals surface area contributed by atoms with Crippen molar-refractivity contribution in [3.63, 3.8) is 0 Å². The largest absolute Gasteiger partial charge is 0.478 e. The fourth-order valence-electron chi connectivity index (χ4n) is 3.11. The van der Waals surface area contributed by atoms with E-state index < -0.39 is 22.3 Å². The van der Waals surface area contributed by atoms with Gasteiger partial charge in [0.05, 0.1) is 29.7 Å². The van der Waals surface area contributed by atoms with Gasteiger partial charge in [-0.2, -0.15) is 4.31 Å². The summed E-state index contributed by atoms with van der Waals surface area (Å²) in [6.07, 6.45) is 0.918. The molecule has 0 radical (unpaired) electrons. The molecule has 3 rings (SSSR count). The van der Waals surface area contributed by atoms with Crippen LogP contribution in [0.1, 0.15) is 28.8 Å². The molecule has 2 heterocycles. The van der Waals surface area contributed by atoms with Gasteiger partial charge in [0.1, 0.15) is 0 Å². The predicted octanol–water partition coefficient (Wildman–Crippen LogP) is 1.22. The van der Waals surface area contributed by atoms with E-state index in [1.807, 2.05) is 0 Å². The fraction of sp³-hybridized carbons (Fsp3) is 0.533. The van der Waals surface area contributed by atoms with Gasteiger partial charge in [0.2, 0.25) is 10.0 Å². The number of sulfonamides is 1. The van der Waals surface area contributed by atoms with Crippen molar-refractivity contribution < 1.29 is 27.8 Å². The van der Waals surface area contributed by atoms with Crippen molar-refractivity contribution in [3.8, 4) is 0 Å². The maximum absolute atomic E-state index is 12.9. The summed E-state index contributed by atoms with van der Waals surface area (Å²) in [4.78, 5) is 11.2. The Morgan fingerprint density at radius 1 is 1.30 bits per heavy atom. The Labute approximate surface area is 134 Å². The molecule has 0 aliphatic carbocycles. The molecule has 0 amide bonds. The highest BCUT2D eigenvalue weighted by atomic mass is 32.2. The smallest absolute Gasteiger partial charge is 0.335 e. The first-order valence-corrected chi connectivity index (χ1v) is 8.94. The quantitative estimate of drug-likeness (QED) is 0.885. The normalized spacial score (nSPS) is 23.4. The highest BCUT2D eigenvalue weighted by Crippen LogP contribution is 2.31. The number of aromatic carboxylic acids is 1. The fourth-order valence-corrected chi connectivity index (χ4v) is 4.87. The first-order valence-electron chi connectivity index (χ1n) is 7.50. The molecule has 7 nitrogen and oxygen atoms in total. The Morgan fingerprint density at radius 3 is 2.61 bits per heavy atom. The molecule has 1 aromatic rings. The molecule has 2 aliphatic rings. The topological polar surface area (TPSA) is 93.1 Å². The minimum absolute atomic E-state index is 0.101. The number of hydrogen-bond donors (Lipinski definition) is 1. The SMILES string of the molecule is Cc1cc(S(=O)(=O)N2CCCC2C2OCCO2)ccc1C(=O)O. The number of benzene rings is 1. The molecule has 2 aliphatic heterocycles. The lowest BCUT2D eigenvalue weighted by Crippen LogP contribution is -2.43. The van der Waals surface area contributed by atoms with Crippen molar-refractivity contribution >= 4 is 16.0 Å². The highest BCUT2D eigenvalue weighted by Gasteiger charge is 2.42. The molecule has 0 spiro atoms. The summed E-state index contributed by atoms with van der Waals surface area (Å²) in [7, 11) is -3.71. The Bertz CT molecular complexity index is 711. The summed E-state index contributed by atoms with van der Waals surface area (Å²) in [6.45, 7) is 2.95. The monoisotopic (exact) mass is 341 g/mol. The molecule has 8 heteroatoms. The Hall–Kier alpha value is -1.48. The lowest BCUT2D eigenvalue weighted by molar-refractivity contribution is -0.0768. The van der Waals surface area contributed by atoms with Gasteiger partial charge < -0.3 is 14.6 Å².